The third kappa shape index (κ3) is 7.00. The number of amidine groups is 1. The van der Waals surface area contributed by atoms with Crippen molar-refractivity contribution in [1.29, 1.82) is 0 Å². The number of alkyl halides is 3. The lowest BCUT2D eigenvalue weighted by atomic mass is 9.91. The van der Waals surface area contributed by atoms with E-state index in [2.05, 4.69) is 29.5 Å². The van der Waals surface area contributed by atoms with E-state index in [4.69, 9.17) is 14.3 Å². The fraction of sp³-hybridized carbons (Fsp3) is 0.464. The van der Waals surface area contributed by atoms with Crippen LogP contribution in [0.3, 0.4) is 0 Å². The van der Waals surface area contributed by atoms with Crippen molar-refractivity contribution in [1.82, 2.24) is 20.4 Å². The minimum absolute atomic E-state index is 0.0316. The molecular formula is C28H32F4N6O5S. The second-order valence-electron chi connectivity index (χ2n) is 11.8. The SMILES string of the molecule is CN=[S@@]1(=O)C[C@@](C)(c2cc(-c3cc(-c4cnc(OCC(F)(F)F)cn4)no3)ccc2F)N=C(NC(=O)OC(C)(C)C)C1(C)C. The van der Waals surface area contributed by atoms with Crippen LogP contribution < -0.4 is 10.1 Å². The fourth-order valence-electron chi connectivity index (χ4n) is 4.44. The number of amides is 1. The summed E-state index contributed by atoms with van der Waals surface area (Å²) in [4.78, 5) is 25.2. The molecule has 0 saturated carbocycles. The quantitative estimate of drug-likeness (QED) is 0.340. The van der Waals surface area contributed by atoms with Gasteiger partial charge in [-0.15, -0.1) is 0 Å². The molecule has 2 atom stereocenters. The monoisotopic (exact) mass is 640 g/mol. The second kappa shape index (κ2) is 11.4. The lowest BCUT2D eigenvalue weighted by Gasteiger charge is -2.41. The van der Waals surface area contributed by atoms with Crippen LogP contribution >= 0.6 is 0 Å². The summed E-state index contributed by atoms with van der Waals surface area (Å²) in [6.07, 6.45) is -3.14. The predicted molar refractivity (Wildman–Crippen MR) is 154 cm³/mol. The van der Waals surface area contributed by atoms with Gasteiger partial charge in [-0.1, -0.05) is 5.16 Å². The van der Waals surface area contributed by atoms with E-state index in [1.54, 1.807) is 41.5 Å². The van der Waals surface area contributed by atoms with E-state index in [1.807, 2.05) is 0 Å². The number of hydrogen-bond donors (Lipinski definition) is 1. The molecule has 2 aromatic heterocycles. The number of ether oxygens (including phenoxy) is 2. The van der Waals surface area contributed by atoms with Crippen LogP contribution in [-0.2, 0) is 20.0 Å². The largest absolute Gasteiger partial charge is 0.467 e. The highest BCUT2D eigenvalue weighted by Crippen LogP contribution is 2.41. The highest BCUT2D eigenvalue weighted by atomic mass is 32.2. The lowest BCUT2D eigenvalue weighted by Crippen LogP contribution is -2.57. The maximum atomic E-state index is 15.5. The number of carbonyl (C=O) groups is 1. The van der Waals surface area contributed by atoms with Crippen LogP contribution in [0.15, 0.2) is 50.5 Å². The summed E-state index contributed by atoms with van der Waals surface area (Å²) < 4.78 is 85.2. The van der Waals surface area contributed by atoms with Gasteiger partial charge in [0, 0.05) is 24.2 Å². The molecular weight excluding hydrogens is 608 g/mol. The first-order chi connectivity index (χ1) is 20.3. The van der Waals surface area contributed by atoms with Crippen molar-refractivity contribution in [3.05, 3.63) is 48.0 Å². The van der Waals surface area contributed by atoms with Gasteiger partial charge in [0.1, 0.15) is 38.9 Å². The molecule has 0 radical (unpaired) electrons. The molecule has 11 nitrogen and oxygen atoms in total. The Bertz CT molecular complexity index is 1710. The maximum absolute atomic E-state index is 15.5. The summed E-state index contributed by atoms with van der Waals surface area (Å²) in [5.74, 6) is -0.877. The Morgan fingerprint density at radius 3 is 2.41 bits per heavy atom. The number of nitrogens with zero attached hydrogens (tertiary/aromatic N) is 5. The fourth-order valence-corrected chi connectivity index (χ4v) is 6.76. The molecule has 4 rings (SSSR count). The van der Waals surface area contributed by atoms with Gasteiger partial charge < -0.3 is 14.0 Å². The standard InChI is InChI=1S/C28H32F4N6O5S/c1-25(2,3)42-24(39)36-23-26(4,5)44(40,33-7)15-27(6,37-23)17-10-16(8-9-18(17)29)21-11-19(38-43-21)20-12-35-22(13-34-20)41-14-28(30,31)32/h8-13H,14-15H2,1-7H3,(H,36,37,39)/t27-,44+/m0/s1. The molecule has 0 spiro atoms. The van der Waals surface area contributed by atoms with E-state index < -0.39 is 50.3 Å². The van der Waals surface area contributed by atoms with Crippen molar-refractivity contribution >= 4 is 21.7 Å². The molecule has 238 valence electrons. The number of halogens is 4. The molecule has 0 bridgehead atoms. The highest BCUT2D eigenvalue weighted by Gasteiger charge is 2.49. The van der Waals surface area contributed by atoms with Gasteiger partial charge in [-0.2, -0.15) is 13.2 Å². The number of rotatable bonds is 5. The summed E-state index contributed by atoms with van der Waals surface area (Å²) in [7, 11) is -1.70. The Balaban J connectivity index is 1.69. The van der Waals surface area contributed by atoms with E-state index in [0.717, 1.165) is 6.20 Å². The van der Waals surface area contributed by atoms with E-state index in [1.165, 1.54) is 37.5 Å². The zero-order chi connectivity index (χ0) is 32.7. The minimum Gasteiger partial charge on any atom is -0.467 e. The number of nitrogens with one attached hydrogen (secondary N) is 1. The molecule has 1 aromatic carbocycles. The number of alkyl carbamates (subject to hydrolysis) is 1. The molecule has 0 saturated heterocycles. The molecule has 16 heteroatoms. The molecule has 44 heavy (non-hydrogen) atoms. The maximum Gasteiger partial charge on any atom is 0.422 e. The topological polar surface area (TPSA) is 141 Å². The highest BCUT2D eigenvalue weighted by molar-refractivity contribution is 7.95. The smallest absolute Gasteiger partial charge is 0.422 e. The van der Waals surface area contributed by atoms with Crippen LogP contribution in [0.4, 0.5) is 22.4 Å². The van der Waals surface area contributed by atoms with Crippen LogP contribution in [0.1, 0.15) is 47.1 Å². The molecule has 3 aromatic rings. The molecule has 1 amide bonds. The van der Waals surface area contributed by atoms with E-state index >= 15 is 4.39 Å². The summed E-state index contributed by atoms with van der Waals surface area (Å²) in [6.45, 7) is 8.44. The first kappa shape index (κ1) is 32.8. The number of aromatic nitrogens is 3. The number of carbonyl (C=O) groups excluding carboxylic acids is 1. The normalized spacial score (nSPS) is 21.8. The van der Waals surface area contributed by atoms with Gasteiger partial charge in [-0.05, 0) is 59.7 Å². The Hall–Kier alpha value is -4.08. The Morgan fingerprint density at radius 2 is 1.82 bits per heavy atom. The number of benzene rings is 1. The summed E-state index contributed by atoms with van der Waals surface area (Å²) in [5.41, 5.74) is -1.39. The zero-order valence-corrected chi connectivity index (χ0v) is 25.9. The molecule has 3 heterocycles. The third-order valence-electron chi connectivity index (χ3n) is 6.73. The van der Waals surface area contributed by atoms with E-state index in [-0.39, 0.29) is 40.2 Å². The van der Waals surface area contributed by atoms with E-state index in [0.29, 0.717) is 5.56 Å². The average molecular weight is 641 g/mol. The Morgan fingerprint density at radius 1 is 1.11 bits per heavy atom. The van der Waals surface area contributed by atoms with Gasteiger partial charge in [-0.25, -0.2) is 27.7 Å². The van der Waals surface area contributed by atoms with Gasteiger partial charge in [0.05, 0.1) is 27.9 Å². The molecule has 1 aliphatic rings. The molecule has 1 N–H and O–H groups in total. The summed E-state index contributed by atoms with van der Waals surface area (Å²) in [5, 5.41) is 6.55. The average Bonchev–Trinajstić information content (AvgIpc) is 3.40. The van der Waals surface area contributed by atoms with Crippen molar-refractivity contribution in [2.24, 2.45) is 9.36 Å². The van der Waals surface area contributed by atoms with Crippen molar-refractivity contribution in [3.8, 4) is 28.6 Å². The minimum atomic E-state index is -4.52. The molecule has 0 fully saturated rings. The van der Waals surface area contributed by atoms with Gasteiger partial charge in [0.2, 0.25) is 5.88 Å². The van der Waals surface area contributed by atoms with Crippen molar-refractivity contribution < 1.29 is 40.6 Å². The van der Waals surface area contributed by atoms with Gasteiger partial charge >= 0.3 is 12.3 Å². The van der Waals surface area contributed by atoms with Gasteiger partial charge in [-0.3, -0.25) is 10.3 Å². The van der Waals surface area contributed by atoms with Crippen LogP contribution in [0, 0.1) is 5.82 Å². The lowest BCUT2D eigenvalue weighted by molar-refractivity contribution is -0.154. The summed E-state index contributed by atoms with van der Waals surface area (Å²) in [6, 6.07) is 5.62. The Kier molecular flexibility index (Phi) is 8.54. The number of hydrogen-bond acceptors (Lipinski definition) is 10. The van der Waals surface area contributed by atoms with E-state index in [9.17, 15) is 22.2 Å². The van der Waals surface area contributed by atoms with Crippen molar-refractivity contribution in [3.63, 3.8) is 0 Å². The molecule has 0 aliphatic carbocycles. The zero-order valence-electron chi connectivity index (χ0n) is 25.1. The van der Waals surface area contributed by atoms with Gasteiger partial charge in [0.25, 0.3) is 0 Å². The van der Waals surface area contributed by atoms with Crippen molar-refractivity contribution in [2.45, 2.75) is 63.6 Å². The Labute approximate surface area is 251 Å². The second-order valence-corrected chi connectivity index (χ2v) is 14.7. The van der Waals surface area contributed by atoms with Crippen LogP contribution in [0.2, 0.25) is 0 Å². The number of aliphatic imine (C=N–C) groups is 1. The van der Waals surface area contributed by atoms with Gasteiger partial charge in [0.15, 0.2) is 12.4 Å². The van der Waals surface area contributed by atoms with Crippen molar-refractivity contribution in [2.75, 3.05) is 19.4 Å². The molecule has 0 unspecified atom stereocenters. The third-order valence-corrected chi connectivity index (χ3v) is 10.1. The predicted octanol–water partition coefficient (Wildman–Crippen LogP) is 5.91. The first-order valence-corrected chi connectivity index (χ1v) is 15.0. The van der Waals surface area contributed by atoms with Crippen LogP contribution in [-0.4, -0.2) is 67.2 Å². The molecule has 1 aliphatic heterocycles. The first-order valence-electron chi connectivity index (χ1n) is 13.3. The van der Waals surface area contributed by atoms with Crippen LogP contribution in [0.5, 0.6) is 5.88 Å². The van der Waals surface area contributed by atoms with Crippen LogP contribution in [0.25, 0.3) is 22.7 Å². The summed E-state index contributed by atoms with van der Waals surface area (Å²) >= 11 is 0.